The van der Waals surface area contributed by atoms with Crippen LogP contribution in [0.25, 0.3) is 0 Å². The van der Waals surface area contributed by atoms with Gasteiger partial charge in [-0.1, -0.05) is 60.7 Å². The van der Waals surface area contributed by atoms with Crippen molar-refractivity contribution in [1.29, 1.82) is 0 Å². The highest BCUT2D eigenvalue weighted by Gasteiger charge is 2.21. The average Bonchev–Trinajstić information content (AvgIpc) is 2.63. The smallest absolute Gasteiger partial charge is 0.176 e. The molecule has 0 radical (unpaired) electrons. The van der Waals surface area contributed by atoms with Crippen molar-refractivity contribution >= 4 is 5.78 Å². The van der Waals surface area contributed by atoms with Crippen molar-refractivity contribution < 1.29 is 4.79 Å². The number of carbonyl (C=O) groups excluding carboxylic acids is 1. The van der Waals surface area contributed by atoms with Crippen LogP contribution in [0.1, 0.15) is 35.2 Å². The number of rotatable bonds is 6. The summed E-state index contributed by atoms with van der Waals surface area (Å²) in [6.07, 6.45) is 4.88. The van der Waals surface area contributed by atoms with Gasteiger partial charge in [-0.2, -0.15) is 0 Å². The van der Waals surface area contributed by atoms with Crippen LogP contribution in [0.5, 0.6) is 0 Å². The van der Waals surface area contributed by atoms with Gasteiger partial charge in [-0.3, -0.25) is 9.69 Å². The number of benzene rings is 2. The fraction of sp³-hybridized carbons (Fsp3) is 0.381. The van der Waals surface area contributed by atoms with E-state index in [0.29, 0.717) is 6.54 Å². The van der Waals surface area contributed by atoms with E-state index in [1.165, 1.54) is 31.2 Å². The summed E-state index contributed by atoms with van der Waals surface area (Å²) in [5, 5.41) is 0. The summed E-state index contributed by atoms with van der Waals surface area (Å²) in [7, 11) is 0. The quantitative estimate of drug-likeness (QED) is 0.745. The third-order valence-electron chi connectivity index (χ3n) is 4.85. The Morgan fingerprint density at radius 3 is 2.17 bits per heavy atom. The topological polar surface area (TPSA) is 20.3 Å². The van der Waals surface area contributed by atoms with Crippen LogP contribution in [0.2, 0.25) is 0 Å². The maximum atomic E-state index is 12.3. The normalized spacial score (nSPS) is 16.3. The minimum atomic E-state index is 0.244. The fourth-order valence-corrected chi connectivity index (χ4v) is 3.37. The summed E-state index contributed by atoms with van der Waals surface area (Å²) in [6.45, 7) is 2.67. The van der Waals surface area contributed by atoms with Gasteiger partial charge in [0.1, 0.15) is 0 Å². The van der Waals surface area contributed by atoms with Gasteiger partial charge in [0, 0.05) is 5.56 Å². The number of likely N-dealkylation sites (tertiary alicyclic amines) is 1. The first kappa shape index (κ1) is 15.9. The highest BCUT2D eigenvalue weighted by Crippen LogP contribution is 2.22. The molecule has 1 fully saturated rings. The van der Waals surface area contributed by atoms with E-state index in [4.69, 9.17) is 0 Å². The van der Waals surface area contributed by atoms with Crippen molar-refractivity contribution in [3.63, 3.8) is 0 Å². The standard InChI is InChI=1S/C21H25NO/c23-21(20-9-5-2-6-10-20)17-22-15-13-19(14-16-22)12-11-18-7-3-1-4-8-18/h1-10,19H,11-17H2. The van der Waals surface area contributed by atoms with Crippen molar-refractivity contribution in [3.8, 4) is 0 Å². The molecule has 1 saturated heterocycles. The number of hydrogen-bond donors (Lipinski definition) is 0. The monoisotopic (exact) mass is 307 g/mol. The maximum Gasteiger partial charge on any atom is 0.176 e. The Bertz CT molecular complexity index is 600. The molecule has 2 aromatic rings. The van der Waals surface area contributed by atoms with E-state index in [1.807, 2.05) is 30.3 Å². The second-order valence-corrected chi connectivity index (χ2v) is 6.53. The van der Waals surface area contributed by atoms with E-state index in [-0.39, 0.29) is 5.78 Å². The Morgan fingerprint density at radius 2 is 1.52 bits per heavy atom. The lowest BCUT2D eigenvalue weighted by Crippen LogP contribution is -2.37. The maximum absolute atomic E-state index is 12.3. The van der Waals surface area contributed by atoms with E-state index in [2.05, 4.69) is 35.2 Å². The molecule has 0 unspecified atom stereocenters. The summed E-state index contributed by atoms with van der Waals surface area (Å²) in [6, 6.07) is 20.4. The molecule has 0 saturated carbocycles. The lowest BCUT2D eigenvalue weighted by Gasteiger charge is -2.31. The van der Waals surface area contributed by atoms with E-state index in [9.17, 15) is 4.79 Å². The lowest BCUT2D eigenvalue weighted by molar-refractivity contribution is 0.0893. The van der Waals surface area contributed by atoms with Crippen LogP contribution < -0.4 is 0 Å². The molecule has 1 aliphatic rings. The molecule has 0 bridgehead atoms. The van der Waals surface area contributed by atoms with Crippen molar-refractivity contribution in [2.45, 2.75) is 25.7 Å². The molecule has 120 valence electrons. The number of nitrogens with zero attached hydrogens (tertiary/aromatic N) is 1. The molecule has 3 rings (SSSR count). The number of aryl methyl sites for hydroxylation is 1. The van der Waals surface area contributed by atoms with Crippen LogP contribution >= 0.6 is 0 Å². The Balaban J connectivity index is 1.41. The second-order valence-electron chi connectivity index (χ2n) is 6.53. The van der Waals surface area contributed by atoms with Gasteiger partial charge in [-0.05, 0) is 50.3 Å². The molecule has 0 N–H and O–H groups in total. The molecule has 23 heavy (non-hydrogen) atoms. The zero-order valence-corrected chi connectivity index (χ0v) is 13.7. The van der Waals surface area contributed by atoms with Gasteiger partial charge >= 0.3 is 0 Å². The van der Waals surface area contributed by atoms with Gasteiger partial charge in [-0.15, -0.1) is 0 Å². The van der Waals surface area contributed by atoms with Crippen LogP contribution in [0.3, 0.4) is 0 Å². The van der Waals surface area contributed by atoms with Gasteiger partial charge in [0.05, 0.1) is 6.54 Å². The summed E-state index contributed by atoms with van der Waals surface area (Å²) in [4.78, 5) is 14.6. The first-order chi connectivity index (χ1) is 11.3. The molecular formula is C21H25NO. The Labute approximate surface area is 139 Å². The fourth-order valence-electron chi connectivity index (χ4n) is 3.37. The Morgan fingerprint density at radius 1 is 0.913 bits per heavy atom. The first-order valence-corrected chi connectivity index (χ1v) is 8.66. The van der Waals surface area contributed by atoms with Gasteiger partial charge in [0.15, 0.2) is 5.78 Å². The number of carbonyl (C=O) groups is 1. The van der Waals surface area contributed by atoms with Crippen LogP contribution in [0.15, 0.2) is 60.7 Å². The van der Waals surface area contributed by atoms with Gasteiger partial charge in [0.2, 0.25) is 0 Å². The summed E-state index contributed by atoms with van der Waals surface area (Å²) < 4.78 is 0. The Hall–Kier alpha value is -1.93. The summed E-state index contributed by atoms with van der Waals surface area (Å²) in [5.41, 5.74) is 2.27. The molecule has 2 aromatic carbocycles. The van der Waals surface area contributed by atoms with Crippen molar-refractivity contribution in [3.05, 3.63) is 71.8 Å². The molecule has 2 heteroatoms. The summed E-state index contributed by atoms with van der Waals surface area (Å²) in [5.74, 6) is 1.05. The predicted octanol–water partition coefficient (Wildman–Crippen LogP) is 4.21. The number of ketones is 1. The summed E-state index contributed by atoms with van der Waals surface area (Å²) >= 11 is 0. The van der Waals surface area contributed by atoms with Crippen molar-refractivity contribution in [2.75, 3.05) is 19.6 Å². The second kappa shape index (κ2) is 8.07. The number of piperidine rings is 1. The largest absolute Gasteiger partial charge is 0.296 e. The van der Waals surface area contributed by atoms with E-state index < -0.39 is 0 Å². The first-order valence-electron chi connectivity index (χ1n) is 8.66. The van der Waals surface area contributed by atoms with Crippen LogP contribution in [0, 0.1) is 5.92 Å². The predicted molar refractivity (Wildman–Crippen MR) is 94.7 cm³/mol. The molecular weight excluding hydrogens is 282 g/mol. The van der Waals surface area contributed by atoms with Crippen LogP contribution in [0.4, 0.5) is 0 Å². The van der Waals surface area contributed by atoms with E-state index in [0.717, 1.165) is 24.6 Å². The van der Waals surface area contributed by atoms with Gasteiger partial charge < -0.3 is 0 Å². The highest BCUT2D eigenvalue weighted by molar-refractivity contribution is 5.97. The highest BCUT2D eigenvalue weighted by atomic mass is 16.1. The molecule has 0 atom stereocenters. The third kappa shape index (κ3) is 4.77. The van der Waals surface area contributed by atoms with Crippen LogP contribution in [-0.4, -0.2) is 30.3 Å². The van der Waals surface area contributed by atoms with Crippen molar-refractivity contribution in [1.82, 2.24) is 4.90 Å². The van der Waals surface area contributed by atoms with Gasteiger partial charge in [-0.25, -0.2) is 0 Å². The molecule has 2 nitrogen and oxygen atoms in total. The molecule has 0 amide bonds. The molecule has 0 spiro atoms. The van der Waals surface area contributed by atoms with E-state index >= 15 is 0 Å². The molecule has 1 aliphatic heterocycles. The van der Waals surface area contributed by atoms with Crippen molar-refractivity contribution in [2.24, 2.45) is 5.92 Å². The third-order valence-corrected chi connectivity index (χ3v) is 4.85. The van der Waals surface area contributed by atoms with Crippen LogP contribution in [-0.2, 0) is 6.42 Å². The van der Waals surface area contributed by atoms with Gasteiger partial charge in [0.25, 0.3) is 0 Å². The zero-order valence-electron chi connectivity index (χ0n) is 13.7. The lowest BCUT2D eigenvalue weighted by atomic mass is 9.90. The minimum Gasteiger partial charge on any atom is -0.296 e. The molecule has 0 aromatic heterocycles. The SMILES string of the molecule is O=C(CN1CCC(CCc2ccccc2)CC1)c1ccccc1. The number of Topliss-reactive ketones (excluding diaryl/α,β-unsaturated/α-hetero) is 1. The zero-order chi connectivity index (χ0) is 15.9. The van der Waals surface area contributed by atoms with E-state index in [1.54, 1.807) is 0 Å². The minimum absolute atomic E-state index is 0.244. The Kier molecular flexibility index (Phi) is 5.60. The average molecular weight is 307 g/mol. The number of hydrogen-bond acceptors (Lipinski definition) is 2. The molecule has 0 aliphatic carbocycles. The molecule has 1 heterocycles.